The van der Waals surface area contributed by atoms with Crippen molar-refractivity contribution in [2.45, 2.75) is 12.8 Å². The molecule has 1 aromatic carbocycles. The normalized spacial score (nSPS) is 10.4. The molecule has 3 nitrogen and oxygen atoms in total. The van der Waals surface area contributed by atoms with Crippen molar-refractivity contribution < 1.29 is 9.13 Å². The van der Waals surface area contributed by atoms with E-state index in [9.17, 15) is 4.39 Å². The zero-order valence-corrected chi connectivity index (χ0v) is 10.6. The molecule has 0 fully saturated rings. The van der Waals surface area contributed by atoms with Crippen LogP contribution in [0.5, 0.6) is 5.75 Å². The fraction of sp³-hybridized carbons (Fsp3) is 0.231. The fourth-order valence-electron chi connectivity index (χ4n) is 1.56. The summed E-state index contributed by atoms with van der Waals surface area (Å²) in [5.74, 6) is 0.588. The van der Waals surface area contributed by atoms with Crippen LogP contribution in [0.2, 0.25) is 0 Å². The maximum atomic E-state index is 13.7. The number of hydrogen-bond acceptors (Lipinski definition) is 3. The quantitative estimate of drug-likeness (QED) is 0.796. The Labute approximate surface area is 110 Å². The van der Waals surface area contributed by atoms with Crippen LogP contribution in [0.1, 0.15) is 12.7 Å². The first kappa shape index (κ1) is 12.8. The Morgan fingerprint density at radius 2 is 2.17 bits per heavy atom. The summed E-state index contributed by atoms with van der Waals surface area (Å²) in [5.41, 5.74) is 1.31. The molecule has 0 radical (unpaired) electrons. The van der Waals surface area contributed by atoms with E-state index in [-0.39, 0.29) is 11.6 Å². The van der Waals surface area contributed by atoms with Gasteiger partial charge in [0.1, 0.15) is 5.82 Å². The van der Waals surface area contributed by atoms with Gasteiger partial charge >= 0.3 is 0 Å². The van der Waals surface area contributed by atoms with Crippen LogP contribution in [-0.2, 0) is 5.88 Å². The first-order valence-electron chi connectivity index (χ1n) is 5.55. The van der Waals surface area contributed by atoms with Crippen molar-refractivity contribution in [1.29, 1.82) is 0 Å². The van der Waals surface area contributed by atoms with Gasteiger partial charge in [-0.1, -0.05) is 0 Å². The van der Waals surface area contributed by atoms with Crippen molar-refractivity contribution in [3.05, 3.63) is 42.1 Å². The Morgan fingerprint density at radius 1 is 1.33 bits per heavy atom. The molecule has 0 bridgehead atoms. The van der Waals surface area contributed by atoms with E-state index in [1.807, 2.05) is 6.92 Å². The molecule has 5 heteroatoms. The standard InChI is InChI=1S/C13H12ClFN2O/c1-2-18-12-4-3-9(7-10(12)15)11-5-6-16-13(8-14)17-11/h3-7H,2,8H2,1H3. The first-order chi connectivity index (χ1) is 8.74. The fourth-order valence-corrected chi connectivity index (χ4v) is 1.69. The van der Waals surface area contributed by atoms with Crippen molar-refractivity contribution >= 4 is 11.6 Å². The highest BCUT2D eigenvalue weighted by molar-refractivity contribution is 6.16. The van der Waals surface area contributed by atoms with E-state index < -0.39 is 5.82 Å². The van der Waals surface area contributed by atoms with Crippen LogP contribution in [0.25, 0.3) is 11.3 Å². The Morgan fingerprint density at radius 3 is 2.83 bits per heavy atom. The summed E-state index contributed by atoms with van der Waals surface area (Å²) >= 11 is 5.67. The zero-order valence-electron chi connectivity index (χ0n) is 9.86. The Kier molecular flexibility index (Phi) is 4.10. The lowest BCUT2D eigenvalue weighted by Gasteiger charge is -2.07. The average Bonchev–Trinajstić information content (AvgIpc) is 2.41. The summed E-state index contributed by atoms with van der Waals surface area (Å²) in [6, 6.07) is 6.46. The van der Waals surface area contributed by atoms with Crippen LogP contribution in [0, 0.1) is 5.82 Å². The summed E-state index contributed by atoms with van der Waals surface area (Å²) in [6.45, 7) is 2.24. The Bertz CT molecular complexity index is 548. The average molecular weight is 267 g/mol. The number of alkyl halides is 1. The second-order valence-corrected chi connectivity index (χ2v) is 3.84. The summed E-state index contributed by atoms with van der Waals surface area (Å²) in [6.07, 6.45) is 1.61. The molecule has 1 aromatic heterocycles. The van der Waals surface area contributed by atoms with E-state index in [1.165, 1.54) is 6.07 Å². The predicted octanol–water partition coefficient (Wildman–Crippen LogP) is 3.42. The Hall–Kier alpha value is -1.68. The minimum Gasteiger partial charge on any atom is -0.491 e. The van der Waals surface area contributed by atoms with E-state index in [0.29, 0.717) is 23.7 Å². The van der Waals surface area contributed by atoms with Crippen LogP contribution in [-0.4, -0.2) is 16.6 Å². The minimum absolute atomic E-state index is 0.230. The first-order valence-corrected chi connectivity index (χ1v) is 6.08. The minimum atomic E-state index is -0.402. The number of ether oxygens (including phenoxy) is 1. The molecule has 94 valence electrons. The van der Waals surface area contributed by atoms with Crippen molar-refractivity contribution in [3.63, 3.8) is 0 Å². The molecule has 0 aliphatic heterocycles. The van der Waals surface area contributed by atoms with E-state index in [0.717, 1.165) is 0 Å². The molecule has 2 rings (SSSR count). The molecule has 0 saturated heterocycles. The summed E-state index contributed by atoms with van der Waals surface area (Å²) < 4.78 is 18.9. The smallest absolute Gasteiger partial charge is 0.165 e. The van der Waals surface area contributed by atoms with Crippen LogP contribution >= 0.6 is 11.6 Å². The number of benzene rings is 1. The SMILES string of the molecule is CCOc1ccc(-c2ccnc(CCl)n2)cc1F. The number of hydrogen-bond donors (Lipinski definition) is 0. The van der Waals surface area contributed by atoms with Gasteiger partial charge in [0.15, 0.2) is 11.6 Å². The number of rotatable bonds is 4. The molecule has 0 spiro atoms. The van der Waals surface area contributed by atoms with Gasteiger partial charge in [-0.05, 0) is 31.2 Å². The zero-order chi connectivity index (χ0) is 13.0. The number of nitrogens with zero attached hydrogens (tertiary/aromatic N) is 2. The lowest BCUT2D eigenvalue weighted by atomic mass is 10.1. The molecular formula is C13H12ClFN2O. The molecule has 2 aromatic rings. The van der Waals surface area contributed by atoms with E-state index >= 15 is 0 Å². The van der Waals surface area contributed by atoms with Crippen molar-refractivity contribution in [2.75, 3.05) is 6.61 Å². The van der Waals surface area contributed by atoms with Gasteiger partial charge in [-0.15, -0.1) is 11.6 Å². The molecule has 0 N–H and O–H groups in total. The van der Waals surface area contributed by atoms with Gasteiger partial charge in [0.05, 0.1) is 18.2 Å². The third-order valence-corrected chi connectivity index (χ3v) is 2.59. The monoisotopic (exact) mass is 266 g/mol. The van der Waals surface area contributed by atoms with Gasteiger partial charge in [-0.2, -0.15) is 0 Å². The number of halogens is 2. The summed E-state index contributed by atoms with van der Waals surface area (Å²) in [5, 5.41) is 0. The van der Waals surface area contributed by atoms with Crippen LogP contribution in [0.4, 0.5) is 4.39 Å². The second kappa shape index (κ2) is 5.78. The topological polar surface area (TPSA) is 35.0 Å². The van der Waals surface area contributed by atoms with E-state index in [4.69, 9.17) is 16.3 Å². The van der Waals surface area contributed by atoms with Gasteiger partial charge in [-0.3, -0.25) is 0 Å². The number of aromatic nitrogens is 2. The predicted molar refractivity (Wildman–Crippen MR) is 68.2 cm³/mol. The van der Waals surface area contributed by atoms with Crippen molar-refractivity contribution in [2.24, 2.45) is 0 Å². The molecule has 0 saturated carbocycles. The maximum absolute atomic E-state index is 13.7. The summed E-state index contributed by atoms with van der Waals surface area (Å²) in [7, 11) is 0. The lowest BCUT2D eigenvalue weighted by molar-refractivity contribution is 0.321. The molecule has 0 atom stereocenters. The van der Waals surface area contributed by atoms with E-state index in [1.54, 1.807) is 24.4 Å². The molecule has 18 heavy (non-hydrogen) atoms. The Balaban J connectivity index is 2.35. The van der Waals surface area contributed by atoms with Gasteiger partial charge < -0.3 is 4.74 Å². The second-order valence-electron chi connectivity index (χ2n) is 3.57. The highest BCUT2D eigenvalue weighted by atomic mass is 35.5. The molecule has 0 amide bonds. The lowest BCUT2D eigenvalue weighted by Crippen LogP contribution is -1.96. The maximum Gasteiger partial charge on any atom is 0.165 e. The highest BCUT2D eigenvalue weighted by Gasteiger charge is 2.07. The van der Waals surface area contributed by atoms with Crippen LogP contribution < -0.4 is 4.74 Å². The van der Waals surface area contributed by atoms with Crippen LogP contribution in [0.15, 0.2) is 30.5 Å². The molecule has 1 heterocycles. The summed E-state index contributed by atoms with van der Waals surface area (Å²) in [4.78, 5) is 8.22. The van der Waals surface area contributed by atoms with Crippen LogP contribution in [0.3, 0.4) is 0 Å². The van der Waals surface area contributed by atoms with Gasteiger partial charge in [0.25, 0.3) is 0 Å². The third kappa shape index (κ3) is 2.76. The molecule has 0 unspecified atom stereocenters. The van der Waals surface area contributed by atoms with E-state index in [2.05, 4.69) is 9.97 Å². The van der Waals surface area contributed by atoms with Gasteiger partial charge in [-0.25, -0.2) is 14.4 Å². The largest absolute Gasteiger partial charge is 0.491 e. The van der Waals surface area contributed by atoms with Gasteiger partial charge in [0, 0.05) is 11.8 Å². The van der Waals surface area contributed by atoms with Crippen molar-refractivity contribution in [1.82, 2.24) is 9.97 Å². The highest BCUT2D eigenvalue weighted by Crippen LogP contribution is 2.24. The third-order valence-electron chi connectivity index (χ3n) is 2.35. The van der Waals surface area contributed by atoms with Gasteiger partial charge in [0.2, 0.25) is 0 Å². The van der Waals surface area contributed by atoms with Crippen molar-refractivity contribution in [3.8, 4) is 17.0 Å². The molecular weight excluding hydrogens is 255 g/mol. The molecule has 0 aliphatic rings. The molecule has 0 aliphatic carbocycles.